The number of rotatable bonds is 5. The first-order chi connectivity index (χ1) is 16.4. The number of carbonyl (C=O) groups excluding carboxylic acids is 1. The smallest absolute Gasteiger partial charge is 0.310 e. The largest absolute Gasteiger partial charge is 0.466 e. The number of hydrogen-bond donors (Lipinski definition) is 0. The van der Waals surface area contributed by atoms with E-state index in [0.29, 0.717) is 11.6 Å². The number of carbonyl (C=O) groups is 1. The normalized spacial score (nSPS) is 11.4. The van der Waals surface area contributed by atoms with Crippen LogP contribution in [0.1, 0.15) is 23.7 Å². The molecule has 34 heavy (non-hydrogen) atoms. The van der Waals surface area contributed by atoms with Gasteiger partial charge in [0.1, 0.15) is 5.01 Å². The first-order valence-electron chi connectivity index (χ1n) is 11.0. The van der Waals surface area contributed by atoms with Crippen molar-refractivity contribution in [1.82, 2.24) is 19.7 Å². The molecule has 8 heteroatoms. The molecule has 0 aliphatic carbocycles. The van der Waals surface area contributed by atoms with E-state index in [1.807, 2.05) is 75.1 Å². The Morgan fingerprint density at radius 1 is 1.18 bits per heavy atom. The van der Waals surface area contributed by atoms with Crippen molar-refractivity contribution in [3.63, 3.8) is 0 Å². The number of halogens is 1. The molecule has 6 nitrogen and oxygen atoms in total. The van der Waals surface area contributed by atoms with E-state index in [9.17, 15) is 4.79 Å². The molecule has 0 bridgehead atoms. The zero-order chi connectivity index (χ0) is 24.0. The Bertz CT molecular complexity index is 1550. The summed E-state index contributed by atoms with van der Waals surface area (Å²) in [6.45, 7) is 6.17. The molecular weight excluding hydrogens is 468 g/mol. The van der Waals surface area contributed by atoms with Gasteiger partial charge in [-0.15, -0.1) is 11.3 Å². The highest BCUT2D eigenvalue weighted by atomic mass is 35.5. The minimum Gasteiger partial charge on any atom is -0.466 e. The van der Waals surface area contributed by atoms with Gasteiger partial charge in [-0.2, -0.15) is 5.10 Å². The molecule has 2 aromatic carbocycles. The van der Waals surface area contributed by atoms with Gasteiger partial charge in [0.25, 0.3) is 0 Å². The number of hydrogen-bond acceptors (Lipinski definition) is 6. The Labute approximate surface area is 206 Å². The molecule has 3 heterocycles. The van der Waals surface area contributed by atoms with Crippen molar-refractivity contribution >= 4 is 50.0 Å². The fraction of sp³-hybridized carbons (Fsp3) is 0.231. The molecule has 5 rings (SSSR count). The average Bonchev–Trinajstić information content (AvgIpc) is 3.35. The van der Waals surface area contributed by atoms with Crippen molar-refractivity contribution in [1.29, 1.82) is 0 Å². The number of esters is 1. The highest BCUT2D eigenvalue weighted by Gasteiger charge is 2.21. The van der Waals surface area contributed by atoms with Crippen LogP contribution in [0.15, 0.2) is 42.6 Å². The Balaban J connectivity index is 1.72. The lowest BCUT2D eigenvalue weighted by Gasteiger charge is -2.14. The van der Waals surface area contributed by atoms with E-state index in [4.69, 9.17) is 21.3 Å². The van der Waals surface area contributed by atoms with E-state index in [-0.39, 0.29) is 12.4 Å². The maximum atomic E-state index is 12.5. The lowest BCUT2D eigenvalue weighted by atomic mass is 9.93. The van der Waals surface area contributed by atoms with Crippen LogP contribution < -0.4 is 0 Å². The molecule has 5 aromatic rings. The Hall–Kier alpha value is -3.29. The van der Waals surface area contributed by atoms with E-state index < -0.39 is 0 Å². The van der Waals surface area contributed by atoms with Crippen molar-refractivity contribution in [3.05, 3.63) is 64.4 Å². The van der Waals surface area contributed by atoms with Gasteiger partial charge in [0.05, 0.1) is 46.3 Å². The summed E-state index contributed by atoms with van der Waals surface area (Å²) in [5.74, 6) is -0.246. The van der Waals surface area contributed by atoms with Gasteiger partial charge in [-0.05, 0) is 61.7 Å². The fourth-order valence-corrected chi connectivity index (χ4v) is 5.53. The predicted octanol–water partition coefficient (Wildman–Crippen LogP) is 6.29. The predicted molar refractivity (Wildman–Crippen MR) is 137 cm³/mol. The van der Waals surface area contributed by atoms with Crippen LogP contribution in [0.3, 0.4) is 0 Å². The number of aryl methyl sites for hydroxylation is 3. The number of nitrogens with zero attached hydrogens (tertiary/aromatic N) is 4. The third-order valence-corrected chi connectivity index (χ3v) is 7.27. The molecule has 172 valence electrons. The Morgan fingerprint density at radius 3 is 2.68 bits per heavy atom. The number of ether oxygens (including phenoxy) is 1. The van der Waals surface area contributed by atoms with E-state index in [1.165, 1.54) is 0 Å². The van der Waals surface area contributed by atoms with Gasteiger partial charge >= 0.3 is 5.97 Å². The molecule has 0 atom stereocenters. The quantitative estimate of drug-likeness (QED) is 0.271. The minimum atomic E-state index is -0.246. The Kier molecular flexibility index (Phi) is 5.83. The van der Waals surface area contributed by atoms with Crippen molar-refractivity contribution in [3.8, 4) is 21.8 Å². The second kappa shape index (κ2) is 8.81. The topological polar surface area (TPSA) is 69.9 Å². The summed E-state index contributed by atoms with van der Waals surface area (Å²) >= 11 is 7.74. The van der Waals surface area contributed by atoms with Gasteiger partial charge in [0, 0.05) is 23.0 Å². The average molecular weight is 491 g/mol. The molecule has 0 N–H and O–H groups in total. The van der Waals surface area contributed by atoms with Crippen LogP contribution >= 0.6 is 22.9 Å². The van der Waals surface area contributed by atoms with Gasteiger partial charge in [-0.25, -0.2) is 4.98 Å². The van der Waals surface area contributed by atoms with Gasteiger partial charge in [0.15, 0.2) is 0 Å². The SMILES string of the molecule is CCOC(=O)Cc1c(C)cc2nc(-c3cc4c(C)nn(C)c4cn3)sc2c1-c1ccc(Cl)cc1. The summed E-state index contributed by atoms with van der Waals surface area (Å²) in [6.07, 6.45) is 2.04. The standard InChI is InChI=1S/C26H23ClN4O2S/c1-5-33-23(32)12-18-14(2)10-20-25(24(18)16-6-8-17(27)9-7-16)34-26(29-20)21-11-19-15(3)30-31(4)22(19)13-28-21/h6-11,13H,5,12H2,1-4H3. The van der Waals surface area contributed by atoms with Crippen LogP contribution in [0.2, 0.25) is 5.02 Å². The van der Waals surface area contributed by atoms with Crippen LogP contribution in [-0.2, 0) is 23.0 Å². The van der Waals surface area contributed by atoms with Gasteiger partial charge < -0.3 is 4.74 Å². The fourth-order valence-electron chi connectivity index (χ4n) is 4.30. The zero-order valence-electron chi connectivity index (χ0n) is 19.3. The van der Waals surface area contributed by atoms with Crippen LogP contribution in [0.5, 0.6) is 0 Å². The number of aromatic nitrogens is 4. The molecule has 0 aliphatic rings. The summed E-state index contributed by atoms with van der Waals surface area (Å²) in [4.78, 5) is 22.1. The highest BCUT2D eigenvalue weighted by molar-refractivity contribution is 7.22. The summed E-state index contributed by atoms with van der Waals surface area (Å²) in [5, 5.41) is 7.04. The first-order valence-corrected chi connectivity index (χ1v) is 12.2. The molecule has 0 unspecified atom stereocenters. The lowest BCUT2D eigenvalue weighted by Crippen LogP contribution is -2.09. The molecule has 0 aliphatic heterocycles. The van der Waals surface area contributed by atoms with Crippen molar-refractivity contribution in [2.75, 3.05) is 6.61 Å². The highest BCUT2D eigenvalue weighted by Crippen LogP contribution is 2.41. The second-order valence-electron chi connectivity index (χ2n) is 8.20. The van der Waals surface area contributed by atoms with Crippen LogP contribution in [0.4, 0.5) is 0 Å². The van der Waals surface area contributed by atoms with Crippen molar-refractivity contribution < 1.29 is 9.53 Å². The van der Waals surface area contributed by atoms with E-state index in [2.05, 4.69) is 10.1 Å². The van der Waals surface area contributed by atoms with E-state index in [0.717, 1.165) is 59.8 Å². The van der Waals surface area contributed by atoms with Crippen LogP contribution in [0.25, 0.3) is 42.9 Å². The number of benzene rings is 2. The zero-order valence-corrected chi connectivity index (χ0v) is 20.9. The van der Waals surface area contributed by atoms with Gasteiger partial charge in [-0.1, -0.05) is 23.7 Å². The molecule has 0 saturated heterocycles. The van der Waals surface area contributed by atoms with Gasteiger partial charge in [0.2, 0.25) is 0 Å². The third kappa shape index (κ3) is 3.95. The van der Waals surface area contributed by atoms with E-state index >= 15 is 0 Å². The molecule has 0 saturated carbocycles. The van der Waals surface area contributed by atoms with Crippen molar-refractivity contribution in [2.45, 2.75) is 27.2 Å². The van der Waals surface area contributed by atoms with Crippen molar-refractivity contribution in [2.24, 2.45) is 7.05 Å². The van der Waals surface area contributed by atoms with Gasteiger partial charge in [-0.3, -0.25) is 14.5 Å². The maximum absolute atomic E-state index is 12.5. The summed E-state index contributed by atoms with van der Waals surface area (Å²) in [6, 6.07) is 11.8. The molecular formula is C26H23ClN4O2S. The molecule has 0 radical (unpaired) electrons. The maximum Gasteiger partial charge on any atom is 0.310 e. The van der Waals surface area contributed by atoms with E-state index in [1.54, 1.807) is 11.3 Å². The molecule has 0 amide bonds. The summed E-state index contributed by atoms with van der Waals surface area (Å²) in [7, 11) is 1.92. The minimum absolute atomic E-state index is 0.194. The molecule has 0 fully saturated rings. The monoisotopic (exact) mass is 490 g/mol. The number of pyridine rings is 1. The first kappa shape index (κ1) is 22.5. The number of fused-ring (bicyclic) bond motifs is 2. The molecule has 0 spiro atoms. The summed E-state index contributed by atoms with van der Waals surface area (Å²) in [5.41, 5.74) is 7.52. The number of thiazole rings is 1. The lowest BCUT2D eigenvalue weighted by molar-refractivity contribution is -0.142. The van der Waals surface area contributed by atoms with Crippen LogP contribution in [-0.4, -0.2) is 32.3 Å². The van der Waals surface area contributed by atoms with Crippen LogP contribution in [0, 0.1) is 13.8 Å². The Morgan fingerprint density at radius 2 is 1.94 bits per heavy atom. The summed E-state index contributed by atoms with van der Waals surface area (Å²) < 4.78 is 8.10. The third-order valence-electron chi connectivity index (χ3n) is 5.91. The second-order valence-corrected chi connectivity index (χ2v) is 9.63. The molecule has 3 aromatic heterocycles.